The zero-order chi connectivity index (χ0) is 14.4. The SMILES string of the molecule is O=S(=O)(NCC1(O)CCC1)c1c(Cl)nc2ccccn12. The molecule has 0 aromatic carbocycles. The molecule has 2 heterocycles. The van der Waals surface area contributed by atoms with Crippen molar-refractivity contribution in [2.45, 2.75) is 29.9 Å². The summed E-state index contributed by atoms with van der Waals surface area (Å²) in [6.07, 6.45) is 3.71. The highest BCUT2D eigenvalue weighted by atomic mass is 35.5. The molecule has 1 aliphatic carbocycles. The molecule has 20 heavy (non-hydrogen) atoms. The maximum Gasteiger partial charge on any atom is 0.259 e. The van der Waals surface area contributed by atoms with Crippen LogP contribution in [0.25, 0.3) is 5.65 Å². The minimum Gasteiger partial charge on any atom is -0.389 e. The van der Waals surface area contributed by atoms with Crippen LogP contribution in [-0.2, 0) is 10.0 Å². The summed E-state index contributed by atoms with van der Waals surface area (Å²) < 4.78 is 28.5. The van der Waals surface area contributed by atoms with Crippen molar-refractivity contribution in [2.24, 2.45) is 0 Å². The zero-order valence-corrected chi connectivity index (χ0v) is 12.2. The number of imidazole rings is 1. The maximum atomic E-state index is 12.3. The Kier molecular flexibility index (Phi) is 3.24. The van der Waals surface area contributed by atoms with Crippen LogP contribution < -0.4 is 4.72 Å². The smallest absolute Gasteiger partial charge is 0.259 e. The van der Waals surface area contributed by atoms with Crippen molar-refractivity contribution in [3.05, 3.63) is 29.5 Å². The first-order valence-corrected chi connectivity index (χ1v) is 8.12. The molecule has 0 aliphatic heterocycles. The number of hydrogen-bond donors (Lipinski definition) is 2. The molecule has 0 unspecified atom stereocenters. The van der Waals surface area contributed by atoms with Crippen LogP contribution in [-0.4, -0.2) is 35.1 Å². The fourth-order valence-corrected chi connectivity index (χ4v) is 4.00. The summed E-state index contributed by atoms with van der Waals surface area (Å²) in [5, 5.41) is 9.79. The van der Waals surface area contributed by atoms with Crippen molar-refractivity contribution in [2.75, 3.05) is 6.54 Å². The molecular weight excluding hydrogens is 302 g/mol. The van der Waals surface area contributed by atoms with E-state index in [4.69, 9.17) is 11.6 Å². The molecule has 0 spiro atoms. The molecule has 108 valence electrons. The molecule has 2 N–H and O–H groups in total. The van der Waals surface area contributed by atoms with Gasteiger partial charge in [0.25, 0.3) is 10.0 Å². The highest BCUT2D eigenvalue weighted by Gasteiger charge is 2.36. The van der Waals surface area contributed by atoms with Gasteiger partial charge in [-0.05, 0) is 31.4 Å². The van der Waals surface area contributed by atoms with Gasteiger partial charge in [-0.15, -0.1) is 0 Å². The summed E-state index contributed by atoms with van der Waals surface area (Å²) >= 11 is 5.94. The number of hydrogen-bond acceptors (Lipinski definition) is 4. The van der Waals surface area contributed by atoms with E-state index in [1.807, 2.05) is 0 Å². The van der Waals surface area contributed by atoms with Crippen LogP contribution in [0, 0.1) is 0 Å². The molecule has 0 bridgehead atoms. The molecule has 0 amide bonds. The number of aromatic nitrogens is 2. The standard InChI is InChI=1S/C12H14ClN3O3S/c13-10-11(16-7-2-1-4-9(16)15-10)20(18,19)14-8-12(17)5-3-6-12/h1-2,4,7,14,17H,3,5-6,8H2. The van der Waals surface area contributed by atoms with Crippen molar-refractivity contribution in [3.8, 4) is 0 Å². The van der Waals surface area contributed by atoms with Crippen LogP contribution in [0.4, 0.5) is 0 Å². The number of rotatable bonds is 4. The second-order valence-electron chi connectivity index (χ2n) is 5.04. The lowest BCUT2D eigenvalue weighted by Gasteiger charge is -2.36. The molecule has 0 radical (unpaired) electrons. The third kappa shape index (κ3) is 2.31. The van der Waals surface area contributed by atoms with Crippen LogP contribution in [0.2, 0.25) is 5.15 Å². The molecular formula is C12H14ClN3O3S. The van der Waals surface area contributed by atoms with E-state index in [0.29, 0.717) is 18.5 Å². The summed E-state index contributed by atoms with van der Waals surface area (Å²) in [5.41, 5.74) is -0.472. The second kappa shape index (κ2) is 4.70. The Morgan fingerprint density at radius 1 is 1.45 bits per heavy atom. The van der Waals surface area contributed by atoms with Crippen molar-refractivity contribution < 1.29 is 13.5 Å². The number of fused-ring (bicyclic) bond motifs is 1. The van der Waals surface area contributed by atoms with Gasteiger partial charge < -0.3 is 5.11 Å². The summed E-state index contributed by atoms with van der Waals surface area (Å²) in [6, 6.07) is 5.12. The monoisotopic (exact) mass is 315 g/mol. The number of aliphatic hydroxyl groups is 1. The highest BCUT2D eigenvalue weighted by molar-refractivity contribution is 7.89. The van der Waals surface area contributed by atoms with Gasteiger partial charge in [0.05, 0.1) is 5.60 Å². The van der Waals surface area contributed by atoms with E-state index in [1.165, 1.54) is 4.40 Å². The summed E-state index contributed by atoms with van der Waals surface area (Å²) in [5.74, 6) is 0. The van der Waals surface area contributed by atoms with E-state index in [-0.39, 0.29) is 16.7 Å². The van der Waals surface area contributed by atoms with E-state index >= 15 is 0 Å². The largest absolute Gasteiger partial charge is 0.389 e. The summed E-state index contributed by atoms with van der Waals surface area (Å²) in [7, 11) is -3.83. The van der Waals surface area contributed by atoms with Gasteiger partial charge in [0.1, 0.15) is 5.65 Å². The number of halogens is 1. The molecule has 1 fully saturated rings. The summed E-state index contributed by atoms with van der Waals surface area (Å²) in [6.45, 7) is -0.00821. The van der Waals surface area contributed by atoms with E-state index < -0.39 is 15.6 Å². The lowest BCUT2D eigenvalue weighted by atomic mass is 9.81. The molecule has 3 rings (SSSR count). The first kappa shape index (κ1) is 13.8. The molecule has 0 saturated heterocycles. The Bertz CT molecular complexity index is 752. The Hall–Kier alpha value is -1.15. The number of sulfonamides is 1. The van der Waals surface area contributed by atoms with Crippen LogP contribution in [0.15, 0.2) is 29.4 Å². The van der Waals surface area contributed by atoms with Crippen molar-refractivity contribution in [1.29, 1.82) is 0 Å². The number of pyridine rings is 1. The van der Waals surface area contributed by atoms with Crippen LogP contribution in [0.1, 0.15) is 19.3 Å². The predicted molar refractivity (Wildman–Crippen MR) is 74.2 cm³/mol. The van der Waals surface area contributed by atoms with Crippen LogP contribution in [0.5, 0.6) is 0 Å². The van der Waals surface area contributed by atoms with Gasteiger partial charge in [-0.1, -0.05) is 17.7 Å². The van der Waals surface area contributed by atoms with Gasteiger partial charge in [0.15, 0.2) is 10.2 Å². The van der Waals surface area contributed by atoms with E-state index in [2.05, 4.69) is 9.71 Å². The van der Waals surface area contributed by atoms with E-state index in [9.17, 15) is 13.5 Å². The Morgan fingerprint density at radius 3 is 2.85 bits per heavy atom. The Morgan fingerprint density at radius 2 is 2.20 bits per heavy atom. The molecule has 2 aromatic rings. The maximum absolute atomic E-state index is 12.3. The van der Waals surface area contributed by atoms with Gasteiger partial charge in [0.2, 0.25) is 0 Å². The number of nitrogens with zero attached hydrogens (tertiary/aromatic N) is 2. The van der Waals surface area contributed by atoms with Crippen molar-refractivity contribution in [1.82, 2.24) is 14.1 Å². The first-order valence-electron chi connectivity index (χ1n) is 6.26. The molecule has 6 nitrogen and oxygen atoms in total. The van der Waals surface area contributed by atoms with E-state index in [1.54, 1.807) is 24.4 Å². The third-order valence-corrected chi connectivity index (χ3v) is 5.38. The minimum absolute atomic E-state index is 0.00821. The van der Waals surface area contributed by atoms with Gasteiger partial charge in [-0.2, -0.15) is 0 Å². The lowest BCUT2D eigenvalue weighted by molar-refractivity contribution is -0.0271. The van der Waals surface area contributed by atoms with Crippen molar-refractivity contribution in [3.63, 3.8) is 0 Å². The van der Waals surface area contributed by atoms with Gasteiger partial charge >= 0.3 is 0 Å². The number of nitrogens with one attached hydrogen (secondary N) is 1. The normalized spacial score (nSPS) is 18.1. The fourth-order valence-electron chi connectivity index (χ4n) is 2.24. The minimum atomic E-state index is -3.83. The van der Waals surface area contributed by atoms with Gasteiger partial charge in [0, 0.05) is 12.7 Å². The second-order valence-corrected chi connectivity index (χ2v) is 7.08. The molecule has 1 saturated carbocycles. The van der Waals surface area contributed by atoms with Crippen molar-refractivity contribution >= 4 is 27.3 Å². The Balaban J connectivity index is 1.94. The highest BCUT2D eigenvalue weighted by Crippen LogP contribution is 2.31. The van der Waals surface area contributed by atoms with Gasteiger partial charge in [-0.25, -0.2) is 18.1 Å². The average molecular weight is 316 g/mol. The third-order valence-electron chi connectivity index (χ3n) is 3.58. The topological polar surface area (TPSA) is 83.7 Å². The molecule has 8 heteroatoms. The van der Waals surface area contributed by atoms with Crippen LogP contribution >= 0.6 is 11.6 Å². The quantitative estimate of drug-likeness (QED) is 0.887. The molecule has 0 atom stereocenters. The molecule has 2 aromatic heterocycles. The predicted octanol–water partition coefficient (Wildman–Crippen LogP) is 1.18. The average Bonchev–Trinajstić information content (AvgIpc) is 2.70. The Labute approximate surface area is 121 Å². The first-order chi connectivity index (χ1) is 9.41. The molecule has 1 aliphatic rings. The van der Waals surface area contributed by atoms with E-state index in [0.717, 1.165) is 6.42 Å². The summed E-state index contributed by atoms with van der Waals surface area (Å²) in [4.78, 5) is 4.00. The van der Waals surface area contributed by atoms with Crippen LogP contribution in [0.3, 0.4) is 0 Å². The van der Waals surface area contributed by atoms with Gasteiger partial charge in [-0.3, -0.25) is 4.40 Å². The fraction of sp³-hybridized carbons (Fsp3) is 0.417. The lowest BCUT2D eigenvalue weighted by Crippen LogP contribution is -2.47. The zero-order valence-electron chi connectivity index (χ0n) is 10.6.